The summed E-state index contributed by atoms with van der Waals surface area (Å²) < 4.78 is 13.6. The molecule has 1 saturated heterocycles. The van der Waals surface area contributed by atoms with Crippen LogP contribution in [0.5, 0.6) is 0 Å². The summed E-state index contributed by atoms with van der Waals surface area (Å²) in [6, 6.07) is 4.88. The molecule has 18 heavy (non-hydrogen) atoms. The van der Waals surface area contributed by atoms with E-state index in [1.165, 1.54) is 24.0 Å². The average Bonchev–Trinajstić information content (AvgIpc) is 2.77. The SMILES string of the molecule is O=C1CSC(=NN=Cc2ccc(CBr)cc2F)N1. The Labute approximate surface area is 116 Å². The highest BCUT2D eigenvalue weighted by Gasteiger charge is 2.15. The molecule has 4 nitrogen and oxygen atoms in total. The summed E-state index contributed by atoms with van der Waals surface area (Å²) in [5.74, 6) is -0.0938. The Morgan fingerprint density at radius 1 is 1.56 bits per heavy atom. The van der Waals surface area contributed by atoms with Crippen LogP contribution in [0.4, 0.5) is 4.39 Å². The van der Waals surface area contributed by atoms with Crippen molar-refractivity contribution in [2.24, 2.45) is 10.2 Å². The number of benzene rings is 1. The summed E-state index contributed by atoms with van der Waals surface area (Å²) in [7, 11) is 0. The van der Waals surface area contributed by atoms with Gasteiger partial charge in [0.2, 0.25) is 5.91 Å². The zero-order valence-electron chi connectivity index (χ0n) is 9.19. The first kappa shape index (κ1) is 13.2. The number of nitrogens with zero attached hydrogens (tertiary/aromatic N) is 2. The van der Waals surface area contributed by atoms with Crippen LogP contribution in [0.25, 0.3) is 0 Å². The van der Waals surface area contributed by atoms with Crippen LogP contribution in [-0.2, 0) is 10.1 Å². The van der Waals surface area contributed by atoms with E-state index < -0.39 is 0 Å². The molecule has 0 aliphatic carbocycles. The van der Waals surface area contributed by atoms with Gasteiger partial charge in [0.15, 0.2) is 5.17 Å². The number of amides is 1. The van der Waals surface area contributed by atoms with Crippen molar-refractivity contribution in [2.75, 3.05) is 5.75 Å². The lowest BCUT2D eigenvalue weighted by molar-refractivity contribution is -0.116. The molecule has 94 valence electrons. The topological polar surface area (TPSA) is 53.8 Å². The maximum Gasteiger partial charge on any atom is 0.236 e. The third-order valence-corrected chi connectivity index (χ3v) is 3.66. The third-order valence-electron chi connectivity index (χ3n) is 2.15. The molecular weight excluding hydrogens is 321 g/mol. The molecule has 1 N–H and O–H groups in total. The molecule has 1 heterocycles. The van der Waals surface area contributed by atoms with Crippen LogP contribution in [0.15, 0.2) is 28.4 Å². The maximum absolute atomic E-state index is 13.6. The Hall–Kier alpha value is -1.21. The van der Waals surface area contributed by atoms with Gasteiger partial charge in [-0.3, -0.25) is 4.79 Å². The Bertz CT molecular complexity index is 533. The van der Waals surface area contributed by atoms with Crippen LogP contribution in [0, 0.1) is 5.82 Å². The number of hydrogen-bond acceptors (Lipinski definition) is 4. The summed E-state index contributed by atoms with van der Waals surface area (Å²) in [5, 5.41) is 11.1. The molecule has 1 amide bonds. The molecule has 0 atom stereocenters. The van der Waals surface area contributed by atoms with Crippen LogP contribution in [0.1, 0.15) is 11.1 Å². The minimum absolute atomic E-state index is 0.0956. The number of alkyl halides is 1. The van der Waals surface area contributed by atoms with Gasteiger partial charge < -0.3 is 5.32 Å². The van der Waals surface area contributed by atoms with Gasteiger partial charge in [0.25, 0.3) is 0 Å². The summed E-state index contributed by atoms with van der Waals surface area (Å²) in [4.78, 5) is 10.9. The van der Waals surface area contributed by atoms with E-state index in [4.69, 9.17) is 0 Å². The standard InChI is InChI=1S/C11H9BrFN3OS/c12-4-7-1-2-8(9(13)3-7)5-14-16-11-15-10(17)6-18-11/h1-3,5H,4,6H2,(H,15,16,17). The fourth-order valence-corrected chi connectivity index (χ4v) is 2.26. The van der Waals surface area contributed by atoms with Crippen LogP contribution in [0.3, 0.4) is 0 Å². The second kappa shape index (κ2) is 6.10. The number of carbonyl (C=O) groups is 1. The molecule has 1 fully saturated rings. The molecule has 1 aliphatic heterocycles. The number of hydrogen-bond donors (Lipinski definition) is 1. The largest absolute Gasteiger partial charge is 0.303 e. The minimum atomic E-state index is -0.348. The first-order valence-corrected chi connectivity index (χ1v) is 7.18. The van der Waals surface area contributed by atoms with Crippen molar-refractivity contribution in [3.8, 4) is 0 Å². The Morgan fingerprint density at radius 3 is 3.00 bits per heavy atom. The van der Waals surface area contributed by atoms with Crippen molar-refractivity contribution in [3.05, 3.63) is 35.1 Å². The lowest BCUT2D eigenvalue weighted by atomic mass is 10.1. The average molecular weight is 330 g/mol. The molecule has 7 heteroatoms. The molecule has 2 rings (SSSR count). The summed E-state index contributed by atoms with van der Waals surface area (Å²) >= 11 is 4.53. The van der Waals surface area contributed by atoms with Gasteiger partial charge >= 0.3 is 0 Å². The van der Waals surface area contributed by atoms with Gasteiger partial charge in [0.05, 0.1) is 12.0 Å². The van der Waals surface area contributed by atoms with Gasteiger partial charge in [-0.2, -0.15) is 5.10 Å². The van der Waals surface area contributed by atoms with E-state index in [0.29, 0.717) is 21.8 Å². The van der Waals surface area contributed by atoms with Crippen molar-refractivity contribution >= 4 is 45.0 Å². The Kier molecular flexibility index (Phi) is 4.48. The first-order chi connectivity index (χ1) is 8.69. The van der Waals surface area contributed by atoms with E-state index in [1.807, 2.05) is 0 Å². The smallest absolute Gasteiger partial charge is 0.236 e. The monoisotopic (exact) mass is 329 g/mol. The molecule has 0 aromatic heterocycles. The number of carbonyl (C=O) groups excluding carboxylic acids is 1. The molecule has 1 aromatic carbocycles. The quantitative estimate of drug-likeness (QED) is 0.525. The number of nitrogens with one attached hydrogen (secondary N) is 1. The van der Waals surface area contributed by atoms with E-state index in [1.54, 1.807) is 12.1 Å². The second-order valence-electron chi connectivity index (χ2n) is 3.48. The summed E-state index contributed by atoms with van der Waals surface area (Å²) in [6.45, 7) is 0. The van der Waals surface area contributed by atoms with E-state index in [-0.39, 0.29) is 11.7 Å². The molecular formula is C11H9BrFN3OS. The van der Waals surface area contributed by atoms with Gasteiger partial charge in [-0.25, -0.2) is 4.39 Å². The van der Waals surface area contributed by atoms with E-state index in [9.17, 15) is 9.18 Å². The van der Waals surface area contributed by atoms with Gasteiger partial charge in [0, 0.05) is 10.9 Å². The van der Waals surface area contributed by atoms with Crippen molar-refractivity contribution in [3.63, 3.8) is 0 Å². The molecule has 0 radical (unpaired) electrons. The van der Waals surface area contributed by atoms with Gasteiger partial charge in [0.1, 0.15) is 5.82 Å². The summed E-state index contributed by atoms with van der Waals surface area (Å²) in [6.07, 6.45) is 1.32. The van der Waals surface area contributed by atoms with Gasteiger partial charge in [-0.05, 0) is 11.6 Å². The normalized spacial score (nSPS) is 17.7. The molecule has 1 aliphatic rings. The fourth-order valence-electron chi connectivity index (χ4n) is 1.28. The fraction of sp³-hybridized carbons (Fsp3) is 0.182. The van der Waals surface area contributed by atoms with Crippen molar-refractivity contribution in [1.82, 2.24) is 5.32 Å². The molecule has 0 saturated carbocycles. The number of halogens is 2. The predicted molar refractivity (Wildman–Crippen MR) is 74.7 cm³/mol. The molecule has 0 unspecified atom stereocenters. The highest BCUT2D eigenvalue weighted by molar-refractivity contribution is 9.08. The molecule has 0 spiro atoms. The van der Waals surface area contributed by atoms with E-state index >= 15 is 0 Å². The van der Waals surface area contributed by atoms with E-state index in [2.05, 4.69) is 31.4 Å². The van der Waals surface area contributed by atoms with Crippen LogP contribution >= 0.6 is 27.7 Å². The van der Waals surface area contributed by atoms with Crippen molar-refractivity contribution < 1.29 is 9.18 Å². The lowest BCUT2D eigenvalue weighted by Crippen LogP contribution is -2.19. The third kappa shape index (κ3) is 3.39. The van der Waals surface area contributed by atoms with Crippen molar-refractivity contribution in [1.29, 1.82) is 0 Å². The number of rotatable bonds is 3. The highest BCUT2D eigenvalue weighted by atomic mass is 79.9. The zero-order valence-corrected chi connectivity index (χ0v) is 11.6. The van der Waals surface area contributed by atoms with Crippen LogP contribution in [0.2, 0.25) is 0 Å². The first-order valence-electron chi connectivity index (χ1n) is 5.07. The number of amidine groups is 1. The van der Waals surface area contributed by atoms with E-state index in [0.717, 1.165) is 5.56 Å². The van der Waals surface area contributed by atoms with Crippen LogP contribution < -0.4 is 5.32 Å². The maximum atomic E-state index is 13.6. The Balaban J connectivity index is 2.07. The zero-order chi connectivity index (χ0) is 13.0. The molecule has 0 bridgehead atoms. The van der Waals surface area contributed by atoms with Crippen molar-refractivity contribution in [2.45, 2.75) is 5.33 Å². The van der Waals surface area contributed by atoms with Gasteiger partial charge in [-0.1, -0.05) is 39.8 Å². The highest BCUT2D eigenvalue weighted by Crippen LogP contribution is 2.12. The summed E-state index contributed by atoms with van der Waals surface area (Å²) in [5.41, 5.74) is 1.22. The van der Waals surface area contributed by atoms with Crippen LogP contribution in [-0.4, -0.2) is 23.0 Å². The lowest BCUT2D eigenvalue weighted by Gasteiger charge is -1.98. The van der Waals surface area contributed by atoms with Gasteiger partial charge in [-0.15, -0.1) is 5.10 Å². The Morgan fingerprint density at radius 2 is 2.39 bits per heavy atom. The number of thioether (sulfide) groups is 1. The predicted octanol–water partition coefficient (Wildman–Crippen LogP) is 2.27. The molecule has 1 aromatic rings. The second-order valence-corrected chi connectivity index (χ2v) is 5.00. The minimum Gasteiger partial charge on any atom is -0.303 e.